The summed E-state index contributed by atoms with van der Waals surface area (Å²) in [4.78, 5) is 2.15. The summed E-state index contributed by atoms with van der Waals surface area (Å²) in [5.41, 5.74) is 3.89. The Morgan fingerprint density at radius 3 is 2.62 bits per heavy atom. The first kappa shape index (κ1) is 15.4. The molecule has 0 saturated heterocycles. The van der Waals surface area contributed by atoms with Gasteiger partial charge in [-0.3, -0.25) is 0 Å². The molecule has 0 spiro atoms. The first-order valence-electron chi connectivity index (χ1n) is 7.63. The number of allylic oxidation sites excluding steroid dienone is 4. The zero-order chi connectivity index (χ0) is 15.2. The predicted molar refractivity (Wildman–Crippen MR) is 89.3 cm³/mol. The van der Waals surface area contributed by atoms with E-state index in [1.165, 1.54) is 16.8 Å². The van der Waals surface area contributed by atoms with Crippen molar-refractivity contribution in [2.24, 2.45) is 0 Å². The van der Waals surface area contributed by atoms with Gasteiger partial charge >= 0.3 is 0 Å². The van der Waals surface area contributed by atoms with Crippen LogP contribution in [0.25, 0.3) is 0 Å². The first-order chi connectivity index (χ1) is 10.1. The van der Waals surface area contributed by atoms with Crippen molar-refractivity contribution in [3.63, 3.8) is 0 Å². The Hall–Kier alpha value is -1.96. The molecule has 0 saturated carbocycles. The van der Waals surface area contributed by atoms with E-state index in [2.05, 4.69) is 69.3 Å². The Labute approximate surface area is 128 Å². The molecule has 0 unspecified atom stereocenters. The van der Waals surface area contributed by atoms with Crippen LogP contribution in [0.5, 0.6) is 5.75 Å². The number of benzene rings is 1. The molecule has 0 fully saturated rings. The molecule has 0 aromatic heterocycles. The van der Waals surface area contributed by atoms with Crippen molar-refractivity contribution in [3.05, 3.63) is 65.1 Å². The minimum atomic E-state index is 0.922. The van der Waals surface area contributed by atoms with Crippen molar-refractivity contribution in [3.8, 4) is 5.75 Å². The number of nitrogens with zero attached hydrogens (tertiary/aromatic N) is 1. The molecule has 0 bridgehead atoms. The van der Waals surface area contributed by atoms with Crippen LogP contribution in [0, 0.1) is 0 Å². The van der Waals surface area contributed by atoms with Crippen LogP contribution in [0.4, 0.5) is 0 Å². The van der Waals surface area contributed by atoms with Crippen molar-refractivity contribution < 1.29 is 4.74 Å². The number of ether oxygens (including phenoxy) is 1. The maximum Gasteiger partial charge on any atom is 0.130 e. The quantitative estimate of drug-likeness (QED) is 0.777. The van der Waals surface area contributed by atoms with Crippen molar-refractivity contribution in [2.45, 2.75) is 33.1 Å². The lowest BCUT2D eigenvalue weighted by Crippen LogP contribution is -2.10. The second-order valence-corrected chi connectivity index (χ2v) is 5.66. The summed E-state index contributed by atoms with van der Waals surface area (Å²) in [6.07, 6.45) is 9.45. The van der Waals surface area contributed by atoms with Gasteiger partial charge < -0.3 is 9.64 Å². The standard InChI is InChI=1S/C19H25NO/c1-5-8-16-9-6-7-10-19(16)21-17-12-11-15(2)18(14-13-17)20(3)4/h6-7,9-10,12-14H,5,8,11H2,1-4H3. The molecule has 2 heteroatoms. The van der Waals surface area contributed by atoms with E-state index in [0.29, 0.717) is 0 Å². The van der Waals surface area contributed by atoms with Gasteiger partial charge in [0.25, 0.3) is 0 Å². The van der Waals surface area contributed by atoms with Crippen LogP contribution in [-0.4, -0.2) is 19.0 Å². The Balaban J connectivity index is 2.17. The molecule has 1 aliphatic rings. The molecule has 1 aromatic carbocycles. The molecule has 0 atom stereocenters. The van der Waals surface area contributed by atoms with Gasteiger partial charge in [-0.05, 0) is 55.2 Å². The second kappa shape index (κ2) is 7.16. The van der Waals surface area contributed by atoms with Crippen LogP contribution in [0.2, 0.25) is 0 Å². The van der Waals surface area contributed by atoms with E-state index in [9.17, 15) is 0 Å². The summed E-state index contributed by atoms with van der Waals surface area (Å²) in [6.45, 7) is 4.36. The summed E-state index contributed by atoms with van der Waals surface area (Å²) in [5.74, 6) is 1.90. The molecule has 2 nitrogen and oxygen atoms in total. The highest BCUT2D eigenvalue weighted by Gasteiger charge is 2.09. The van der Waals surface area contributed by atoms with Gasteiger partial charge in [0.05, 0.1) is 0 Å². The molecule has 0 amide bonds. The van der Waals surface area contributed by atoms with Crippen LogP contribution in [0.15, 0.2) is 59.5 Å². The summed E-state index contributed by atoms with van der Waals surface area (Å²) in [5, 5.41) is 0. The zero-order valence-electron chi connectivity index (χ0n) is 13.5. The van der Waals surface area contributed by atoms with Gasteiger partial charge in [0.2, 0.25) is 0 Å². The van der Waals surface area contributed by atoms with E-state index in [-0.39, 0.29) is 0 Å². The van der Waals surface area contributed by atoms with Crippen LogP contribution in [-0.2, 0) is 6.42 Å². The average Bonchev–Trinajstić information content (AvgIpc) is 2.64. The third kappa shape index (κ3) is 4.01. The van der Waals surface area contributed by atoms with Gasteiger partial charge in [-0.1, -0.05) is 31.5 Å². The fourth-order valence-electron chi connectivity index (χ4n) is 2.54. The van der Waals surface area contributed by atoms with Crippen LogP contribution in [0.1, 0.15) is 32.3 Å². The number of hydrogen-bond acceptors (Lipinski definition) is 2. The lowest BCUT2D eigenvalue weighted by Gasteiger charge is -2.15. The molecule has 1 aliphatic carbocycles. The molecular weight excluding hydrogens is 258 g/mol. The molecule has 112 valence electrons. The summed E-state index contributed by atoms with van der Waals surface area (Å²) >= 11 is 0. The van der Waals surface area contributed by atoms with Crippen LogP contribution < -0.4 is 4.74 Å². The van der Waals surface area contributed by atoms with Crippen molar-refractivity contribution in [2.75, 3.05) is 14.1 Å². The fourth-order valence-corrected chi connectivity index (χ4v) is 2.54. The van der Waals surface area contributed by atoms with Gasteiger partial charge in [-0.2, -0.15) is 0 Å². The van der Waals surface area contributed by atoms with E-state index < -0.39 is 0 Å². The lowest BCUT2D eigenvalue weighted by molar-refractivity contribution is 0.436. The summed E-state index contributed by atoms with van der Waals surface area (Å²) in [7, 11) is 4.15. The average molecular weight is 283 g/mol. The maximum absolute atomic E-state index is 6.12. The molecular formula is C19H25NO. The number of para-hydroxylation sites is 1. The number of hydrogen-bond donors (Lipinski definition) is 0. The fraction of sp³-hybridized carbons (Fsp3) is 0.368. The molecule has 2 rings (SSSR count). The highest BCUT2D eigenvalue weighted by Crippen LogP contribution is 2.25. The smallest absolute Gasteiger partial charge is 0.130 e. The Morgan fingerprint density at radius 1 is 1.14 bits per heavy atom. The van der Waals surface area contributed by atoms with Crippen molar-refractivity contribution in [1.29, 1.82) is 0 Å². The van der Waals surface area contributed by atoms with E-state index >= 15 is 0 Å². The monoisotopic (exact) mass is 283 g/mol. The largest absolute Gasteiger partial charge is 0.457 e. The van der Waals surface area contributed by atoms with Gasteiger partial charge in [0.1, 0.15) is 11.5 Å². The van der Waals surface area contributed by atoms with Gasteiger partial charge in [-0.25, -0.2) is 0 Å². The highest BCUT2D eigenvalue weighted by atomic mass is 16.5. The van der Waals surface area contributed by atoms with Crippen LogP contribution in [0.3, 0.4) is 0 Å². The third-order valence-electron chi connectivity index (χ3n) is 3.65. The zero-order valence-corrected chi connectivity index (χ0v) is 13.5. The molecule has 0 N–H and O–H groups in total. The lowest BCUT2D eigenvalue weighted by atomic mass is 10.1. The summed E-state index contributed by atoms with van der Waals surface area (Å²) < 4.78 is 6.12. The molecule has 21 heavy (non-hydrogen) atoms. The van der Waals surface area contributed by atoms with Gasteiger partial charge in [-0.15, -0.1) is 0 Å². The number of likely N-dealkylation sites (N-methyl/N-ethyl adjacent to an activating group) is 1. The van der Waals surface area contributed by atoms with Gasteiger partial charge in [0.15, 0.2) is 0 Å². The predicted octanol–water partition coefficient (Wildman–Crippen LogP) is 4.70. The third-order valence-corrected chi connectivity index (χ3v) is 3.65. The minimum Gasteiger partial charge on any atom is -0.457 e. The first-order valence-corrected chi connectivity index (χ1v) is 7.63. The molecule has 0 heterocycles. The molecule has 0 radical (unpaired) electrons. The van der Waals surface area contributed by atoms with Crippen LogP contribution >= 0.6 is 0 Å². The Morgan fingerprint density at radius 2 is 1.90 bits per heavy atom. The number of rotatable bonds is 5. The van der Waals surface area contributed by atoms with E-state index in [1.807, 2.05) is 6.07 Å². The SMILES string of the molecule is CCCc1ccccc1OC1=CCC(C)=C(N(C)C)C=C1. The van der Waals surface area contributed by atoms with E-state index in [1.54, 1.807) is 0 Å². The Bertz CT molecular complexity index is 579. The number of aryl methyl sites for hydroxylation is 1. The second-order valence-electron chi connectivity index (χ2n) is 5.66. The normalized spacial score (nSPS) is 14.8. The topological polar surface area (TPSA) is 12.5 Å². The Kier molecular flexibility index (Phi) is 5.26. The van der Waals surface area contributed by atoms with Crippen molar-refractivity contribution in [1.82, 2.24) is 4.90 Å². The maximum atomic E-state index is 6.12. The minimum absolute atomic E-state index is 0.922. The van der Waals surface area contributed by atoms with Crippen molar-refractivity contribution >= 4 is 0 Å². The summed E-state index contributed by atoms with van der Waals surface area (Å²) in [6, 6.07) is 8.31. The van der Waals surface area contributed by atoms with Gasteiger partial charge in [0, 0.05) is 19.8 Å². The molecule has 1 aromatic rings. The molecule has 0 aliphatic heterocycles. The van der Waals surface area contributed by atoms with E-state index in [0.717, 1.165) is 30.8 Å². The highest BCUT2D eigenvalue weighted by molar-refractivity contribution is 5.38. The van der Waals surface area contributed by atoms with E-state index in [4.69, 9.17) is 4.74 Å².